The zero-order valence-corrected chi connectivity index (χ0v) is 17.4. The van der Waals surface area contributed by atoms with E-state index >= 15 is 0 Å². The molecule has 0 atom stereocenters. The summed E-state index contributed by atoms with van der Waals surface area (Å²) in [5.74, 6) is -0.178. The van der Waals surface area contributed by atoms with Crippen LogP contribution in [0.5, 0.6) is 0 Å². The first kappa shape index (κ1) is 20.2. The molecule has 1 aromatic carbocycles. The highest BCUT2D eigenvalue weighted by Gasteiger charge is 2.14. The van der Waals surface area contributed by atoms with Gasteiger partial charge in [-0.25, -0.2) is 4.98 Å². The maximum absolute atomic E-state index is 13.0. The molecule has 2 heterocycles. The summed E-state index contributed by atoms with van der Waals surface area (Å²) < 4.78 is 1.39. The predicted molar refractivity (Wildman–Crippen MR) is 115 cm³/mol. The van der Waals surface area contributed by atoms with Crippen molar-refractivity contribution in [2.45, 2.75) is 27.3 Å². The zero-order valence-electron chi connectivity index (χ0n) is 16.6. The van der Waals surface area contributed by atoms with Crippen LogP contribution >= 0.6 is 11.3 Å². The Bertz CT molecular complexity index is 1000. The maximum Gasteiger partial charge on any atom is 0.263 e. The first-order chi connectivity index (χ1) is 13.5. The molecule has 0 aliphatic carbocycles. The summed E-state index contributed by atoms with van der Waals surface area (Å²) in [6, 6.07) is 8.06. The van der Waals surface area contributed by atoms with Crippen molar-refractivity contribution in [3.63, 3.8) is 0 Å². The van der Waals surface area contributed by atoms with E-state index in [1.165, 1.54) is 27.8 Å². The number of nitrogens with zero attached hydrogens (tertiary/aromatic N) is 3. The number of amides is 1. The molecule has 0 unspecified atom stereocenters. The van der Waals surface area contributed by atoms with Crippen molar-refractivity contribution in [1.82, 2.24) is 19.8 Å². The van der Waals surface area contributed by atoms with E-state index in [2.05, 4.69) is 29.0 Å². The highest BCUT2D eigenvalue weighted by molar-refractivity contribution is 7.17. The molecule has 1 amide bonds. The molecule has 0 saturated heterocycles. The Morgan fingerprint density at radius 3 is 2.61 bits per heavy atom. The molecule has 0 bridgehead atoms. The van der Waals surface area contributed by atoms with Crippen molar-refractivity contribution in [3.05, 3.63) is 51.9 Å². The fraction of sp³-hybridized carbons (Fsp3) is 0.381. The van der Waals surface area contributed by atoms with Crippen LogP contribution < -0.4 is 10.9 Å². The normalized spacial score (nSPS) is 11.3. The number of hydrogen-bond donors (Lipinski definition) is 1. The number of carbonyl (C=O) groups is 1. The van der Waals surface area contributed by atoms with Gasteiger partial charge in [0.25, 0.3) is 5.56 Å². The quantitative estimate of drug-likeness (QED) is 0.634. The fourth-order valence-corrected chi connectivity index (χ4v) is 4.04. The van der Waals surface area contributed by atoms with Gasteiger partial charge in [-0.2, -0.15) is 0 Å². The van der Waals surface area contributed by atoms with Gasteiger partial charge in [-0.05, 0) is 25.6 Å². The van der Waals surface area contributed by atoms with Crippen molar-refractivity contribution in [3.8, 4) is 11.1 Å². The van der Waals surface area contributed by atoms with E-state index in [1.54, 1.807) is 0 Å². The minimum absolute atomic E-state index is 0.0246. The van der Waals surface area contributed by atoms with Crippen LogP contribution in [0.2, 0.25) is 0 Å². The third-order valence-corrected chi connectivity index (χ3v) is 5.77. The van der Waals surface area contributed by atoms with Crippen molar-refractivity contribution in [2.75, 3.05) is 26.2 Å². The lowest BCUT2D eigenvalue weighted by Gasteiger charge is -2.18. The van der Waals surface area contributed by atoms with Crippen LogP contribution in [0.25, 0.3) is 21.3 Å². The molecule has 148 valence electrons. The molecule has 0 spiro atoms. The van der Waals surface area contributed by atoms with Crippen LogP contribution in [0.15, 0.2) is 40.8 Å². The smallest absolute Gasteiger partial charge is 0.263 e. The molecule has 7 heteroatoms. The van der Waals surface area contributed by atoms with E-state index in [1.807, 2.05) is 36.6 Å². The molecule has 0 aliphatic rings. The van der Waals surface area contributed by atoms with Gasteiger partial charge in [-0.3, -0.25) is 14.2 Å². The standard InChI is InChI=1S/C21H26N4O2S/c1-4-24(5-2)11-10-22-18(26)12-25-14-23-20-19(21(25)27)17(13-28-20)16-8-6-15(3)7-9-16/h6-9,13-14H,4-5,10-12H2,1-3H3,(H,22,26). The third-order valence-electron chi connectivity index (χ3n) is 4.88. The lowest BCUT2D eigenvalue weighted by molar-refractivity contribution is -0.121. The molecule has 2 aromatic heterocycles. The first-order valence-corrected chi connectivity index (χ1v) is 10.4. The van der Waals surface area contributed by atoms with Gasteiger partial charge in [0.2, 0.25) is 5.91 Å². The maximum atomic E-state index is 13.0. The van der Waals surface area contributed by atoms with Crippen molar-refractivity contribution in [1.29, 1.82) is 0 Å². The number of benzene rings is 1. The van der Waals surface area contributed by atoms with Crippen molar-refractivity contribution < 1.29 is 4.79 Å². The number of hydrogen-bond acceptors (Lipinski definition) is 5. The Balaban J connectivity index is 1.78. The van der Waals surface area contributed by atoms with E-state index in [4.69, 9.17) is 0 Å². The summed E-state index contributed by atoms with van der Waals surface area (Å²) in [5.41, 5.74) is 2.84. The second-order valence-corrected chi connectivity index (χ2v) is 7.61. The van der Waals surface area contributed by atoms with Gasteiger partial charge in [0.05, 0.1) is 11.7 Å². The van der Waals surface area contributed by atoms with Crippen molar-refractivity contribution >= 4 is 27.5 Å². The number of aryl methyl sites for hydroxylation is 1. The van der Waals surface area contributed by atoms with E-state index in [0.29, 0.717) is 16.8 Å². The minimum atomic E-state index is -0.180. The molecule has 0 radical (unpaired) electrons. The Hall–Kier alpha value is -2.51. The predicted octanol–water partition coefficient (Wildman–Crippen LogP) is 2.89. The Kier molecular flexibility index (Phi) is 6.59. The highest BCUT2D eigenvalue weighted by atomic mass is 32.1. The van der Waals surface area contributed by atoms with Crippen LogP contribution in [0.1, 0.15) is 19.4 Å². The van der Waals surface area contributed by atoms with E-state index < -0.39 is 0 Å². The SMILES string of the molecule is CCN(CC)CCNC(=O)Cn1cnc2scc(-c3ccc(C)cc3)c2c1=O. The van der Waals surface area contributed by atoms with Crippen LogP contribution in [-0.2, 0) is 11.3 Å². The average molecular weight is 399 g/mol. The molecule has 3 rings (SSSR count). The molecule has 28 heavy (non-hydrogen) atoms. The van der Waals surface area contributed by atoms with Gasteiger partial charge >= 0.3 is 0 Å². The van der Waals surface area contributed by atoms with Crippen molar-refractivity contribution in [2.24, 2.45) is 0 Å². The Labute approximate surface area is 168 Å². The van der Waals surface area contributed by atoms with Gasteiger partial charge in [0.15, 0.2) is 0 Å². The molecular weight excluding hydrogens is 372 g/mol. The fourth-order valence-electron chi connectivity index (χ4n) is 3.13. The van der Waals surface area contributed by atoms with Crippen LogP contribution in [-0.4, -0.2) is 46.5 Å². The summed E-state index contributed by atoms with van der Waals surface area (Å²) in [6.45, 7) is 9.46. The summed E-state index contributed by atoms with van der Waals surface area (Å²) in [7, 11) is 0. The monoisotopic (exact) mass is 398 g/mol. The lowest BCUT2D eigenvalue weighted by atomic mass is 10.1. The molecule has 0 saturated carbocycles. The van der Waals surface area contributed by atoms with Crippen LogP contribution in [0.4, 0.5) is 0 Å². The molecule has 1 N–H and O–H groups in total. The van der Waals surface area contributed by atoms with Gasteiger partial charge in [0.1, 0.15) is 11.4 Å². The third kappa shape index (κ3) is 4.48. The minimum Gasteiger partial charge on any atom is -0.353 e. The second kappa shape index (κ2) is 9.12. The number of aromatic nitrogens is 2. The topological polar surface area (TPSA) is 67.2 Å². The number of thiophene rings is 1. The first-order valence-electron chi connectivity index (χ1n) is 9.56. The summed E-state index contributed by atoms with van der Waals surface area (Å²) in [5, 5.41) is 5.42. The highest BCUT2D eigenvalue weighted by Crippen LogP contribution is 2.30. The molecule has 6 nitrogen and oxygen atoms in total. The largest absolute Gasteiger partial charge is 0.353 e. The van der Waals surface area contributed by atoms with Gasteiger partial charge in [-0.15, -0.1) is 11.3 Å². The van der Waals surface area contributed by atoms with Gasteiger partial charge in [-0.1, -0.05) is 43.7 Å². The van der Waals surface area contributed by atoms with E-state index in [9.17, 15) is 9.59 Å². The molecule has 3 aromatic rings. The Morgan fingerprint density at radius 2 is 1.93 bits per heavy atom. The van der Waals surface area contributed by atoms with Crippen LogP contribution in [0.3, 0.4) is 0 Å². The Morgan fingerprint density at radius 1 is 1.21 bits per heavy atom. The molecule has 0 fully saturated rings. The van der Waals surface area contributed by atoms with Gasteiger partial charge in [0, 0.05) is 24.0 Å². The van der Waals surface area contributed by atoms with E-state index in [-0.39, 0.29) is 18.0 Å². The summed E-state index contributed by atoms with van der Waals surface area (Å²) in [6.07, 6.45) is 1.46. The van der Waals surface area contributed by atoms with Crippen LogP contribution in [0, 0.1) is 6.92 Å². The van der Waals surface area contributed by atoms with Gasteiger partial charge < -0.3 is 10.2 Å². The average Bonchev–Trinajstić information content (AvgIpc) is 3.13. The number of rotatable bonds is 8. The second-order valence-electron chi connectivity index (χ2n) is 6.75. The lowest BCUT2D eigenvalue weighted by Crippen LogP contribution is -2.37. The number of carbonyl (C=O) groups excluding carboxylic acids is 1. The number of likely N-dealkylation sites (N-methyl/N-ethyl adjacent to an activating group) is 1. The van der Waals surface area contributed by atoms with E-state index in [0.717, 1.165) is 30.8 Å². The molecule has 0 aliphatic heterocycles. The summed E-state index contributed by atoms with van der Waals surface area (Å²) >= 11 is 1.45. The zero-order chi connectivity index (χ0) is 20.1. The molecular formula is C21H26N4O2S. The number of fused-ring (bicyclic) bond motifs is 1. The number of nitrogens with one attached hydrogen (secondary N) is 1. The summed E-state index contributed by atoms with van der Waals surface area (Å²) in [4.78, 5) is 32.6.